The van der Waals surface area contributed by atoms with Gasteiger partial charge in [0.15, 0.2) is 0 Å². The highest BCUT2D eigenvalue weighted by Crippen LogP contribution is 2.22. The summed E-state index contributed by atoms with van der Waals surface area (Å²) in [7, 11) is 0. The molecule has 0 aromatic rings. The van der Waals surface area contributed by atoms with Gasteiger partial charge >= 0.3 is 0 Å². The van der Waals surface area contributed by atoms with Crippen molar-refractivity contribution in [1.82, 2.24) is 4.90 Å². The molecular formula is C12H23NO. The Balaban J connectivity index is 2.45. The minimum Gasteiger partial charge on any atom is -0.390 e. The largest absolute Gasteiger partial charge is 0.390 e. The normalized spacial score (nSPS) is 20.0. The van der Waals surface area contributed by atoms with E-state index in [0.717, 1.165) is 25.9 Å². The molecule has 1 aliphatic rings. The Labute approximate surface area is 87.6 Å². The lowest BCUT2D eigenvalue weighted by Crippen LogP contribution is -2.35. The molecule has 0 atom stereocenters. The summed E-state index contributed by atoms with van der Waals surface area (Å²) in [6.07, 6.45) is 4.21. The Kier molecular flexibility index (Phi) is 3.73. The zero-order valence-electron chi connectivity index (χ0n) is 9.88. The van der Waals surface area contributed by atoms with Crippen LogP contribution in [-0.2, 0) is 0 Å². The van der Waals surface area contributed by atoms with Crippen LogP contribution in [0.25, 0.3) is 0 Å². The van der Waals surface area contributed by atoms with Crippen molar-refractivity contribution in [3.8, 4) is 0 Å². The van der Waals surface area contributed by atoms with E-state index in [4.69, 9.17) is 0 Å². The first kappa shape index (κ1) is 11.7. The highest BCUT2D eigenvalue weighted by molar-refractivity contribution is 5.10. The third-order valence-electron chi connectivity index (χ3n) is 2.72. The SMILES string of the molecule is CC(C)N1CC=C(CC(C)(C)O)CC1. The quantitative estimate of drug-likeness (QED) is 0.701. The first-order valence-electron chi connectivity index (χ1n) is 5.53. The van der Waals surface area contributed by atoms with Crippen LogP contribution >= 0.6 is 0 Å². The molecule has 0 radical (unpaired) electrons. The molecule has 0 saturated heterocycles. The van der Waals surface area contributed by atoms with Crippen molar-refractivity contribution in [2.75, 3.05) is 13.1 Å². The summed E-state index contributed by atoms with van der Waals surface area (Å²) < 4.78 is 0. The van der Waals surface area contributed by atoms with E-state index in [2.05, 4.69) is 24.8 Å². The molecule has 0 aromatic heterocycles. The second-order valence-electron chi connectivity index (χ2n) is 5.19. The van der Waals surface area contributed by atoms with Crippen LogP contribution in [0.1, 0.15) is 40.5 Å². The minimum absolute atomic E-state index is 0.550. The fraction of sp³-hybridized carbons (Fsp3) is 0.833. The molecular weight excluding hydrogens is 174 g/mol. The van der Waals surface area contributed by atoms with Gasteiger partial charge in [-0.1, -0.05) is 11.6 Å². The van der Waals surface area contributed by atoms with Gasteiger partial charge in [-0.15, -0.1) is 0 Å². The summed E-state index contributed by atoms with van der Waals surface area (Å²) in [5.41, 5.74) is 0.862. The van der Waals surface area contributed by atoms with Crippen LogP contribution in [0.4, 0.5) is 0 Å². The summed E-state index contributed by atoms with van der Waals surface area (Å²) in [6, 6.07) is 0.634. The van der Waals surface area contributed by atoms with E-state index in [1.165, 1.54) is 5.57 Å². The number of nitrogens with zero attached hydrogens (tertiary/aromatic N) is 1. The lowest BCUT2D eigenvalue weighted by atomic mass is 9.94. The van der Waals surface area contributed by atoms with Crippen molar-refractivity contribution in [3.63, 3.8) is 0 Å². The maximum atomic E-state index is 9.69. The fourth-order valence-electron chi connectivity index (χ4n) is 1.91. The average Bonchev–Trinajstić information content (AvgIpc) is 2.02. The molecule has 1 heterocycles. The zero-order chi connectivity index (χ0) is 10.8. The van der Waals surface area contributed by atoms with Gasteiger partial charge in [0.1, 0.15) is 0 Å². The van der Waals surface area contributed by atoms with Crippen molar-refractivity contribution < 1.29 is 5.11 Å². The number of rotatable bonds is 3. The van der Waals surface area contributed by atoms with Gasteiger partial charge in [-0.3, -0.25) is 4.90 Å². The van der Waals surface area contributed by atoms with Crippen molar-refractivity contribution >= 4 is 0 Å². The smallest absolute Gasteiger partial charge is 0.0628 e. The van der Waals surface area contributed by atoms with E-state index in [-0.39, 0.29) is 0 Å². The van der Waals surface area contributed by atoms with E-state index in [0.29, 0.717) is 6.04 Å². The second kappa shape index (κ2) is 4.45. The molecule has 0 unspecified atom stereocenters. The molecule has 1 N–H and O–H groups in total. The highest BCUT2D eigenvalue weighted by atomic mass is 16.3. The van der Waals surface area contributed by atoms with Crippen molar-refractivity contribution in [2.24, 2.45) is 0 Å². The van der Waals surface area contributed by atoms with Crippen LogP contribution in [0.2, 0.25) is 0 Å². The number of hydrogen-bond acceptors (Lipinski definition) is 2. The van der Waals surface area contributed by atoms with E-state index in [1.807, 2.05) is 13.8 Å². The number of aliphatic hydroxyl groups is 1. The van der Waals surface area contributed by atoms with Gasteiger partial charge in [0, 0.05) is 19.1 Å². The predicted octanol–water partition coefficient (Wildman–Crippen LogP) is 2.19. The van der Waals surface area contributed by atoms with Gasteiger partial charge in [0.2, 0.25) is 0 Å². The molecule has 0 amide bonds. The molecule has 1 rings (SSSR count). The van der Waals surface area contributed by atoms with Gasteiger partial charge in [-0.05, 0) is 40.5 Å². The Bertz CT molecular complexity index is 213. The molecule has 14 heavy (non-hydrogen) atoms. The third-order valence-corrected chi connectivity index (χ3v) is 2.72. The summed E-state index contributed by atoms with van der Waals surface area (Å²) >= 11 is 0. The highest BCUT2D eigenvalue weighted by Gasteiger charge is 2.19. The maximum absolute atomic E-state index is 9.69. The van der Waals surface area contributed by atoms with E-state index >= 15 is 0 Å². The Hall–Kier alpha value is -0.340. The van der Waals surface area contributed by atoms with Gasteiger partial charge in [0.05, 0.1) is 5.60 Å². The Morgan fingerprint density at radius 3 is 2.50 bits per heavy atom. The first-order valence-corrected chi connectivity index (χ1v) is 5.53. The van der Waals surface area contributed by atoms with Crippen molar-refractivity contribution in [3.05, 3.63) is 11.6 Å². The van der Waals surface area contributed by atoms with Crippen LogP contribution in [-0.4, -0.2) is 34.7 Å². The van der Waals surface area contributed by atoms with Crippen LogP contribution in [0.3, 0.4) is 0 Å². The van der Waals surface area contributed by atoms with Crippen molar-refractivity contribution in [2.45, 2.75) is 52.2 Å². The molecule has 2 nitrogen and oxygen atoms in total. The second-order valence-corrected chi connectivity index (χ2v) is 5.19. The van der Waals surface area contributed by atoms with Crippen LogP contribution in [0, 0.1) is 0 Å². The number of hydrogen-bond donors (Lipinski definition) is 1. The Morgan fingerprint density at radius 1 is 1.50 bits per heavy atom. The third kappa shape index (κ3) is 3.81. The van der Waals surface area contributed by atoms with Gasteiger partial charge in [-0.25, -0.2) is 0 Å². The summed E-state index contributed by atoms with van der Waals surface area (Å²) in [4.78, 5) is 2.45. The van der Waals surface area contributed by atoms with E-state index < -0.39 is 5.60 Å². The molecule has 0 aromatic carbocycles. The topological polar surface area (TPSA) is 23.5 Å². The lowest BCUT2D eigenvalue weighted by molar-refractivity contribution is 0.0784. The van der Waals surface area contributed by atoms with Crippen LogP contribution in [0.5, 0.6) is 0 Å². The molecule has 0 saturated carbocycles. The monoisotopic (exact) mass is 197 g/mol. The fourth-order valence-corrected chi connectivity index (χ4v) is 1.91. The van der Waals surface area contributed by atoms with E-state index in [9.17, 15) is 5.11 Å². The molecule has 0 bridgehead atoms. The predicted molar refractivity (Wildman–Crippen MR) is 60.3 cm³/mol. The maximum Gasteiger partial charge on any atom is 0.0628 e. The van der Waals surface area contributed by atoms with E-state index in [1.54, 1.807) is 0 Å². The molecule has 1 aliphatic heterocycles. The minimum atomic E-state index is -0.550. The van der Waals surface area contributed by atoms with Crippen LogP contribution < -0.4 is 0 Å². The standard InChI is InChI=1S/C12H23NO/c1-10(2)13-7-5-11(6-8-13)9-12(3,4)14/h5,10,14H,6-9H2,1-4H3. The molecule has 2 heteroatoms. The molecule has 82 valence electrons. The molecule has 0 spiro atoms. The summed E-state index contributed by atoms with van der Waals surface area (Å²) in [6.45, 7) is 10.4. The lowest BCUT2D eigenvalue weighted by Gasteiger charge is -2.31. The zero-order valence-corrected chi connectivity index (χ0v) is 9.88. The van der Waals surface area contributed by atoms with Gasteiger partial charge < -0.3 is 5.11 Å². The average molecular weight is 197 g/mol. The van der Waals surface area contributed by atoms with Gasteiger partial charge in [0.25, 0.3) is 0 Å². The Morgan fingerprint density at radius 2 is 2.14 bits per heavy atom. The molecule has 0 aliphatic carbocycles. The summed E-state index contributed by atoms with van der Waals surface area (Å²) in [5, 5.41) is 9.69. The van der Waals surface area contributed by atoms with Crippen molar-refractivity contribution in [1.29, 1.82) is 0 Å². The molecule has 0 fully saturated rings. The van der Waals surface area contributed by atoms with Crippen LogP contribution in [0.15, 0.2) is 11.6 Å². The first-order chi connectivity index (χ1) is 6.38. The van der Waals surface area contributed by atoms with Gasteiger partial charge in [-0.2, -0.15) is 0 Å². The summed E-state index contributed by atoms with van der Waals surface area (Å²) in [5.74, 6) is 0.